The number of rotatable bonds is 7. The first kappa shape index (κ1) is 31.7. The highest BCUT2D eigenvalue weighted by molar-refractivity contribution is 7.10. The fourth-order valence-corrected chi connectivity index (χ4v) is 7.16. The number of benzene rings is 1. The van der Waals surface area contributed by atoms with Crippen molar-refractivity contribution in [1.29, 1.82) is 0 Å². The van der Waals surface area contributed by atoms with E-state index < -0.39 is 23.8 Å². The predicted molar refractivity (Wildman–Crippen MR) is 170 cm³/mol. The molecule has 3 aromatic rings. The van der Waals surface area contributed by atoms with Gasteiger partial charge in [0, 0.05) is 36.0 Å². The maximum atomic E-state index is 14.3. The highest BCUT2D eigenvalue weighted by Gasteiger charge is 2.41. The topological polar surface area (TPSA) is 125 Å². The summed E-state index contributed by atoms with van der Waals surface area (Å²) in [7, 11) is 1.54. The van der Waals surface area contributed by atoms with Gasteiger partial charge in [-0.15, -0.1) is 11.3 Å². The fourth-order valence-electron chi connectivity index (χ4n) is 6.19. The highest BCUT2D eigenvalue weighted by Crippen LogP contribution is 2.39. The van der Waals surface area contributed by atoms with Crippen LogP contribution in [0.15, 0.2) is 35.7 Å². The molecule has 10 nitrogen and oxygen atoms in total. The van der Waals surface area contributed by atoms with Crippen molar-refractivity contribution in [3.05, 3.63) is 40.7 Å². The summed E-state index contributed by atoms with van der Waals surface area (Å²) in [5, 5.41) is 17.0. The van der Waals surface area contributed by atoms with Crippen LogP contribution in [0.5, 0.6) is 5.88 Å². The Morgan fingerprint density at radius 2 is 1.82 bits per heavy atom. The van der Waals surface area contributed by atoms with Crippen LogP contribution in [-0.4, -0.2) is 74.1 Å². The van der Waals surface area contributed by atoms with Crippen LogP contribution in [0.2, 0.25) is 0 Å². The second kappa shape index (κ2) is 13.1. The molecule has 2 N–H and O–H groups in total. The summed E-state index contributed by atoms with van der Waals surface area (Å²) in [5.74, 6) is -0.510. The number of aromatic hydroxyl groups is 1. The molecule has 1 aliphatic heterocycles. The van der Waals surface area contributed by atoms with E-state index in [0.717, 1.165) is 66.6 Å². The van der Waals surface area contributed by atoms with Crippen molar-refractivity contribution in [3.8, 4) is 17.1 Å². The highest BCUT2D eigenvalue weighted by atomic mass is 32.1. The van der Waals surface area contributed by atoms with Crippen LogP contribution in [-0.2, 0) is 14.3 Å². The Morgan fingerprint density at radius 1 is 1.09 bits per heavy atom. The summed E-state index contributed by atoms with van der Waals surface area (Å²) >= 11 is 1.50. The summed E-state index contributed by atoms with van der Waals surface area (Å²) in [4.78, 5) is 52.8. The van der Waals surface area contributed by atoms with Crippen molar-refractivity contribution in [2.45, 2.75) is 96.4 Å². The van der Waals surface area contributed by atoms with Crippen LogP contribution in [0.4, 0.5) is 4.79 Å². The average molecular weight is 622 g/mol. The van der Waals surface area contributed by atoms with E-state index in [-0.39, 0.29) is 29.7 Å². The molecule has 2 aliphatic rings. The molecular formula is C33H43N5O5S. The van der Waals surface area contributed by atoms with E-state index in [1.807, 2.05) is 34.5 Å². The molecule has 44 heavy (non-hydrogen) atoms. The predicted octanol–water partition coefficient (Wildman–Crippen LogP) is 6.05. The number of hydrogen-bond donors (Lipinski definition) is 2. The lowest BCUT2D eigenvalue weighted by Crippen LogP contribution is -2.56. The van der Waals surface area contributed by atoms with E-state index in [4.69, 9.17) is 9.72 Å². The van der Waals surface area contributed by atoms with Gasteiger partial charge in [-0.1, -0.05) is 37.5 Å². The summed E-state index contributed by atoms with van der Waals surface area (Å²) in [6.07, 6.45) is 5.92. The molecule has 2 fully saturated rings. The second-order valence-corrected chi connectivity index (χ2v) is 13.8. The normalized spacial score (nSPS) is 19.0. The summed E-state index contributed by atoms with van der Waals surface area (Å²) < 4.78 is 5.46. The Morgan fingerprint density at radius 3 is 2.55 bits per heavy atom. The van der Waals surface area contributed by atoms with Crippen LogP contribution >= 0.6 is 11.3 Å². The van der Waals surface area contributed by atoms with Gasteiger partial charge in [-0.3, -0.25) is 14.5 Å². The number of aromatic nitrogens is 2. The Labute approximate surface area is 262 Å². The van der Waals surface area contributed by atoms with Gasteiger partial charge in [0.25, 0.3) is 0 Å². The first-order valence-electron chi connectivity index (χ1n) is 15.5. The number of amides is 3. The zero-order valence-electron chi connectivity index (χ0n) is 26.2. The van der Waals surface area contributed by atoms with Gasteiger partial charge in [0.05, 0.1) is 17.3 Å². The molecule has 0 unspecified atom stereocenters. The smallest absolute Gasteiger partial charge is 0.410 e. The lowest BCUT2D eigenvalue weighted by Gasteiger charge is -2.36. The second-order valence-electron chi connectivity index (χ2n) is 13.0. The third kappa shape index (κ3) is 6.98. The van der Waals surface area contributed by atoms with E-state index in [9.17, 15) is 19.5 Å². The number of carbonyl (C=O) groups excluding carboxylic acids is 3. The van der Waals surface area contributed by atoms with Crippen LogP contribution in [0.25, 0.3) is 22.2 Å². The Hall–Kier alpha value is -3.73. The van der Waals surface area contributed by atoms with E-state index in [1.54, 1.807) is 33.8 Å². The van der Waals surface area contributed by atoms with E-state index in [2.05, 4.69) is 10.3 Å². The third-order valence-corrected chi connectivity index (χ3v) is 9.59. The van der Waals surface area contributed by atoms with Crippen LogP contribution < -0.4 is 5.32 Å². The lowest BCUT2D eigenvalue weighted by molar-refractivity contribution is -0.140. The van der Waals surface area contributed by atoms with Crippen LogP contribution in [0.1, 0.15) is 83.7 Å². The largest absolute Gasteiger partial charge is 0.493 e. The molecule has 3 amide bonds. The molecule has 236 valence electrons. The Balaban J connectivity index is 1.37. The quantitative estimate of drug-likeness (QED) is 0.329. The number of nitrogens with one attached hydrogen (secondary N) is 1. The first-order chi connectivity index (χ1) is 20.9. The van der Waals surface area contributed by atoms with Crippen molar-refractivity contribution in [3.63, 3.8) is 0 Å². The molecular weight excluding hydrogens is 578 g/mol. The number of thiazole rings is 1. The van der Waals surface area contributed by atoms with E-state index in [0.29, 0.717) is 12.1 Å². The summed E-state index contributed by atoms with van der Waals surface area (Å²) in [6.45, 7) is 7.58. The maximum Gasteiger partial charge on any atom is 0.410 e. The molecule has 0 bridgehead atoms. The van der Waals surface area contributed by atoms with Gasteiger partial charge < -0.3 is 20.1 Å². The molecule has 5 rings (SSSR count). The van der Waals surface area contributed by atoms with Crippen molar-refractivity contribution in [2.24, 2.45) is 5.92 Å². The monoisotopic (exact) mass is 621 g/mol. The van der Waals surface area contributed by atoms with Crippen molar-refractivity contribution in [2.75, 3.05) is 13.6 Å². The molecule has 1 saturated heterocycles. The van der Waals surface area contributed by atoms with Gasteiger partial charge in [0.1, 0.15) is 22.7 Å². The number of fused-ring (bicyclic) bond motifs is 1. The average Bonchev–Trinajstić information content (AvgIpc) is 3.68. The number of carbonyl (C=O) groups is 3. The van der Waals surface area contributed by atoms with Gasteiger partial charge in [0.15, 0.2) is 0 Å². The molecule has 11 heteroatoms. The van der Waals surface area contributed by atoms with Crippen LogP contribution in [0, 0.1) is 5.92 Å². The van der Waals surface area contributed by atoms with Crippen molar-refractivity contribution < 1.29 is 24.2 Å². The zero-order valence-corrected chi connectivity index (χ0v) is 27.0. The first-order valence-corrected chi connectivity index (χ1v) is 16.4. The summed E-state index contributed by atoms with van der Waals surface area (Å²) in [5.41, 5.74) is 1.52. The van der Waals surface area contributed by atoms with Gasteiger partial charge in [0.2, 0.25) is 17.7 Å². The number of hydrogen-bond acceptors (Lipinski definition) is 8. The van der Waals surface area contributed by atoms with Crippen molar-refractivity contribution in [1.82, 2.24) is 25.1 Å². The molecule has 1 aliphatic carbocycles. The minimum atomic E-state index is -0.814. The molecule has 2 aromatic heterocycles. The molecule has 0 radical (unpaired) electrons. The van der Waals surface area contributed by atoms with Crippen molar-refractivity contribution >= 4 is 40.1 Å². The number of ether oxygens (including phenoxy) is 1. The minimum absolute atomic E-state index is 0.0264. The number of likely N-dealkylation sites (tertiary alicyclic amines) is 1. The number of pyridine rings is 1. The SMILES string of the molecule is C[C@@H](C(=O)N[C@H](C(=O)N1CCC[C@H]1c1nc(-c2cc(O)nc3ccccc23)cs1)C1CCCCC1)N(C)C(=O)OC(C)(C)C. The maximum absolute atomic E-state index is 14.3. The molecule has 1 aromatic carbocycles. The van der Waals surface area contributed by atoms with E-state index in [1.165, 1.54) is 23.3 Å². The lowest BCUT2D eigenvalue weighted by atomic mass is 9.83. The minimum Gasteiger partial charge on any atom is -0.493 e. The van der Waals surface area contributed by atoms with Gasteiger partial charge in [-0.25, -0.2) is 14.8 Å². The number of nitrogens with zero attached hydrogens (tertiary/aromatic N) is 4. The molecule has 3 atom stereocenters. The molecule has 1 saturated carbocycles. The number of para-hydroxylation sites is 1. The molecule has 3 heterocycles. The van der Waals surface area contributed by atoms with Gasteiger partial charge in [-0.05, 0) is 65.4 Å². The van der Waals surface area contributed by atoms with Gasteiger partial charge >= 0.3 is 6.09 Å². The van der Waals surface area contributed by atoms with Gasteiger partial charge in [-0.2, -0.15) is 0 Å². The Kier molecular flexibility index (Phi) is 9.43. The fraction of sp³-hybridized carbons (Fsp3) is 0.545. The number of likely N-dealkylation sites (N-methyl/N-ethyl adjacent to an activating group) is 1. The van der Waals surface area contributed by atoms with Crippen LogP contribution in [0.3, 0.4) is 0 Å². The zero-order chi connectivity index (χ0) is 31.6. The molecule has 0 spiro atoms. The standard InChI is InChI=1S/C33H43N5O5S/c1-20(37(5)32(42)43-33(2,3)4)29(40)36-28(21-12-7-6-8-13-21)31(41)38-17-11-16-26(38)30-35-25(19-44-30)23-18-27(39)34-24-15-10-9-14-22(23)24/h9-10,14-15,18-21,26,28H,6-8,11-13,16-17H2,1-5H3,(H,34,39)(H,36,40)/t20-,26-,28-/m0/s1. The summed E-state index contributed by atoms with van der Waals surface area (Å²) in [6, 6.07) is 7.56. The third-order valence-electron chi connectivity index (χ3n) is 8.65. The Bertz CT molecular complexity index is 1510. The van der Waals surface area contributed by atoms with E-state index >= 15 is 0 Å².